The molecule has 0 saturated heterocycles. The summed E-state index contributed by atoms with van der Waals surface area (Å²) >= 11 is 0. The minimum atomic E-state index is -0.552. The molecule has 0 bridgehead atoms. The molecule has 712 valence electrons. The van der Waals surface area contributed by atoms with Crippen molar-refractivity contribution in [3.05, 3.63) is 389 Å². The minimum absolute atomic E-state index is 0.00426. The fourth-order valence-corrected chi connectivity index (χ4v) is 13.9. The fraction of sp³-hybridized carbons (Fsp3) is 0.240. The largest absolute Gasteiger partial charge is 0.456 e. The second kappa shape index (κ2) is 48.3. The molecule has 0 fully saturated rings. The number of nitrogens with zero attached hydrogens (tertiary/aromatic N) is 8. The lowest BCUT2D eigenvalue weighted by molar-refractivity contribution is 0.190. The summed E-state index contributed by atoms with van der Waals surface area (Å²) in [5.74, 6) is 0. The highest BCUT2D eigenvalue weighted by molar-refractivity contribution is 5.81. The molecule has 4 atom stereocenters. The van der Waals surface area contributed by atoms with Gasteiger partial charge in [0.2, 0.25) is 34.3 Å². The fourth-order valence-electron chi connectivity index (χ4n) is 13.9. The SMILES string of the molecule is C=CC[C@@H](Oc1nc2oc(=O)cc(CC)c2c(=O)[nH]1)c1ccccc1.C=CC[C@@H](Oc1nc2oc(=O)cc(CC)c2c(=O)[nH]1)c1ccccc1.C=CC[C@H](Oc1nc2oc(=O)cc(CC)c2c(=O)[nH]1)c1ccccc1.C=CC[C@H](Oc1nc2oc(=O)cc(CC)c2c(=O)[nH]1)c1ccccc1.CCc1cc(=O)oc2nc(ON=C(C)C)[nH]c(=O)c12.CCc1cc(=O)oc2nc(ON=C(C)C)[nH]c(=O)c12. The zero-order valence-electron chi connectivity index (χ0n) is 76.9. The number of ether oxygens (including phenoxy) is 4. The summed E-state index contributed by atoms with van der Waals surface area (Å²) in [7, 11) is 0. The van der Waals surface area contributed by atoms with Gasteiger partial charge in [-0.3, -0.25) is 58.7 Å². The van der Waals surface area contributed by atoms with Crippen LogP contribution in [0.25, 0.3) is 66.6 Å². The summed E-state index contributed by atoms with van der Waals surface area (Å²) in [6, 6.07) is 45.8. The summed E-state index contributed by atoms with van der Waals surface area (Å²) in [5.41, 5.74) is 2.67. The Kier molecular flexibility index (Phi) is 35.3. The molecule has 0 aliphatic rings. The van der Waals surface area contributed by atoms with E-state index in [1.54, 1.807) is 52.0 Å². The van der Waals surface area contributed by atoms with Crippen molar-refractivity contribution in [3.63, 3.8) is 0 Å². The molecule has 0 radical (unpaired) electrons. The van der Waals surface area contributed by atoms with Gasteiger partial charge in [-0.25, -0.2) is 28.8 Å². The van der Waals surface area contributed by atoms with Gasteiger partial charge in [0.1, 0.15) is 56.7 Å². The van der Waals surface area contributed by atoms with Crippen LogP contribution in [0.5, 0.6) is 36.1 Å². The van der Waals surface area contributed by atoms with Crippen LogP contribution >= 0.6 is 0 Å². The van der Waals surface area contributed by atoms with Crippen molar-refractivity contribution >= 4 is 78.0 Å². The first-order chi connectivity index (χ1) is 66.5. The zero-order chi connectivity index (χ0) is 99.2. The van der Waals surface area contributed by atoms with Crippen molar-refractivity contribution in [2.75, 3.05) is 0 Å². The Morgan fingerprint density at radius 1 is 0.283 bits per heavy atom. The minimum Gasteiger partial charge on any atom is -0.456 e. The van der Waals surface area contributed by atoms with Crippen LogP contribution in [0.2, 0.25) is 0 Å². The Balaban J connectivity index is 0.000000159. The highest BCUT2D eigenvalue weighted by Gasteiger charge is 2.24. The van der Waals surface area contributed by atoms with Gasteiger partial charge in [-0.15, -0.1) is 26.3 Å². The first kappa shape index (κ1) is 101. The smallest absolute Gasteiger partial charge is 0.337 e. The van der Waals surface area contributed by atoms with E-state index < -0.39 is 67.1 Å². The lowest BCUT2D eigenvalue weighted by Gasteiger charge is -2.17. The van der Waals surface area contributed by atoms with E-state index in [1.807, 2.05) is 163 Å². The molecule has 6 N–H and O–H groups in total. The normalized spacial score (nSPS) is 11.6. The van der Waals surface area contributed by atoms with Crippen molar-refractivity contribution in [2.24, 2.45) is 10.3 Å². The number of aryl methyl sites for hydroxylation is 6. The van der Waals surface area contributed by atoms with E-state index in [9.17, 15) is 57.5 Å². The molecule has 4 aromatic carbocycles. The van der Waals surface area contributed by atoms with E-state index in [4.69, 9.17) is 55.1 Å². The molecule has 16 rings (SSSR count). The number of hydrogen-bond acceptors (Lipinski definition) is 32. The van der Waals surface area contributed by atoms with E-state index in [1.165, 1.54) is 36.4 Å². The number of aromatic amines is 6. The van der Waals surface area contributed by atoms with Gasteiger partial charge in [0.05, 0.1) is 11.4 Å². The maximum absolute atomic E-state index is 12.4. The van der Waals surface area contributed by atoms with Gasteiger partial charge in [-0.1, -0.05) is 197 Å². The topological polar surface area (TPSA) is 536 Å². The molecule has 0 spiro atoms. The number of oxime groups is 2. The molecule has 138 heavy (non-hydrogen) atoms. The second-order valence-corrected chi connectivity index (χ2v) is 30.4. The van der Waals surface area contributed by atoms with E-state index in [0.29, 0.717) is 109 Å². The summed E-state index contributed by atoms with van der Waals surface area (Å²) in [4.78, 5) is 193. The summed E-state index contributed by atoms with van der Waals surface area (Å²) in [6.07, 6.45) is 10.8. The van der Waals surface area contributed by atoms with Crippen LogP contribution in [-0.4, -0.2) is 71.2 Å². The number of benzene rings is 4. The quantitative estimate of drug-likeness (QED) is 0.0138. The third-order valence-corrected chi connectivity index (χ3v) is 20.2. The van der Waals surface area contributed by atoms with Gasteiger partial charge in [0.25, 0.3) is 57.4 Å². The molecular weight excluding hydrogens is 1780 g/mol. The molecule has 0 aliphatic carbocycles. The summed E-state index contributed by atoms with van der Waals surface area (Å²) < 4.78 is 53.6. The lowest BCUT2D eigenvalue weighted by Crippen LogP contribution is -2.17. The van der Waals surface area contributed by atoms with Gasteiger partial charge in [-0.2, -0.15) is 29.9 Å². The third-order valence-electron chi connectivity index (χ3n) is 20.2. The van der Waals surface area contributed by atoms with Gasteiger partial charge >= 0.3 is 45.8 Å². The van der Waals surface area contributed by atoms with Gasteiger partial charge < -0.3 is 55.1 Å². The first-order valence-corrected chi connectivity index (χ1v) is 43.6. The van der Waals surface area contributed by atoms with Crippen molar-refractivity contribution in [1.82, 2.24) is 59.8 Å². The third kappa shape index (κ3) is 26.5. The predicted molar refractivity (Wildman–Crippen MR) is 519 cm³/mol. The highest BCUT2D eigenvalue weighted by atomic mass is 16.6. The van der Waals surface area contributed by atoms with Gasteiger partial charge in [0, 0.05) is 62.1 Å². The molecule has 0 amide bonds. The maximum atomic E-state index is 12.4. The molecule has 0 aliphatic heterocycles. The first-order valence-electron chi connectivity index (χ1n) is 43.6. The Labute approximate surface area is 781 Å². The number of fused-ring (bicyclic) bond motifs is 6. The molecule has 38 heteroatoms. The van der Waals surface area contributed by atoms with Crippen LogP contribution in [0.15, 0.2) is 303 Å². The van der Waals surface area contributed by atoms with Gasteiger partial charge in [0.15, 0.2) is 0 Å². The van der Waals surface area contributed by atoms with E-state index >= 15 is 0 Å². The second-order valence-electron chi connectivity index (χ2n) is 30.4. The summed E-state index contributed by atoms with van der Waals surface area (Å²) in [5, 5.41) is 8.95. The van der Waals surface area contributed by atoms with Crippen LogP contribution in [0, 0.1) is 0 Å². The van der Waals surface area contributed by atoms with Crippen molar-refractivity contribution in [2.45, 2.75) is 158 Å². The van der Waals surface area contributed by atoms with Crippen LogP contribution < -0.4 is 95.7 Å². The van der Waals surface area contributed by atoms with Crippen LogP contribution in [0.1, 0.15) is 175 Å². The van der Waals surface area contributed by atoms with Crippen LogP contribution in [0.3, 0.4) is 0 Å². The Morgan fingerprint density at radius 2 is 0.449 bits per heavy atom. The Morgan fingerprint density at radius 3 is 0.609 bits per heavy atom. The molecule has 12 aromatic heterocycles. The Hall–Kier alpha value is -17.5. The number of H-pyrrole nitrogens is 6. The van der Waals surface area contributed by atoms with E-state index in [2.05, 4.69) is 96.4 Å². The monoisotopic (exact) mass is 1880 g/mol. The molecule has 16 aromatic rings. The number of rotatable bonds is 30. The van der Waals surface area contributed by atoms with Crippen molar-refractivity contribution in [1.29, 1.82) is 0 Å². The predicted octanol–water partition coefficient (Wildman–Crippen LogP) is 15.0. The average molecular weight is 1880 g/mol. The molecule has 0 saturated carbocycles. The van der Waals surface area contributed by atoms with Crippen LogP contribution in [0.4, 0.5) is 0 Å². The maximum Gasteiger partial charge on any atom is 0.337 e. The lowest BCUT2D eigenvalue weighted by atomic mass is 10.1. The standard InChI is InChI=1S/4C19H18N2O4.2C12H13N3O4/c4*1-3-8-14(13-9-6-5-7-10-13)24-19-20-17(23)16-12(4-2)11-15(22)25-18(16)21-19;2*1-4-7-5-8(16)18-11-9(7)10(17)13-12(14-11)19-15-6(2)3/h4*3,5-7,9-11,14H,1,4,8H2,2H3,(H,20,21,23);2*5H,4H2,1-3H3,(H,13,14,17)/t4*14-;;/m1100../s1. The van der Waals surface area contributed by atoms with E-state index in [0.717, 1.165) is 22.3 Å². The van der Waals surface area contributed by atoms with Crippen molar-refractivity contribution in [3.8, 4) is 36.1 Å². The molecule has 12 heterocycles. The van der Waals surface area contributed by atoms with Crippen molar-refractivity contribution < 1.29 is 55.1 Å². The average Bonchev–Trinajstić information content (AvgIpc) is 0.779. The zero-order valence-corrected chi connectivity index (χ0v) is 76.9. The number of nitrogens with one attached hydrogen (secondary N) is 6. The van der Waals surface area contributed by atoms with Crippen LogP contribution in [-0.2, 0) is 38.5 Å². The van der Waals surface area contributed by atoms with Gasteiger partial charge in [-0.05, 0) is 122 Å². The molecule has 0 unspecified atom stereocenters. The van der Waals surface area contributed by atoms with E-state index in [-0.39, 0.29) is 127 Å². The number of aromatic nitrogens is 12. The number of hydrogen-bond donors (Lipinski definition) is 6. The summed E-state index contributed by atoms with van der Waals surface area (Å²) in [6.45, 7) is 33.0. The molecule has 38 nitrogen and oxygen atoms in total. The Bertz CT molecular complexity index is 7130. The highest BCUT2D eigenvalue weighted by Crippen LogP contribution is 2.30. The molecular formula is C100H98N14O24.